The Labute approximate surface area is 353 Å². The van der Waals surface area contributed by atoms with E-state index in [9.17, 15) is 0 Å². The van der Waals surface area contributed by atoms with E-state index in [4.69, 9.17) is 0 Å². The molecule has 0 heterocycles. The Morgan fingerprint density at radius 3 is 1.73 bits per heavy atom. The number of hydrogen-bond donors (Lipinski definition) is 0. The normalized spacial score (nSPS) is 13.0. The Bertz CT molecular complexity index is 3100. The van der Waals surface area contributed by atoms with Crippen molar-refractivity contribution in [1.29, 1.82) is 0 Å². The maximum atomic E-state index is 2.47. The molecule has 2 aliphatic rings. The molecule has 1 nitrogen and oxygen atoms in total. The summed E-state index contributed by atoms with van der Waals surface area (Å²) in [6.45, 7) is 2.16. The fourth-order valence-electron chi connectivity index (χ4n) is 9.70. The number of nitrogens with zero attached hydrogens (tertiary/aromatic N) is 1. The van der Waals surface area contributed by atoms with Crippen LogP contribution in [0.3, 0.4) is 0 Å². The predicted molar refractivity (Wildman–Crippen MR) is 257 cm³/mol. The first kappa shape index (κ1) is 35.9. The summed E-state index contributed by atoms with van der Waals surface area (Å²) in [7, 11) is 0. The van der Waals surface area contributed by atoms with Crippen molar-refractivity contribution in [2.75, 3.05) is 4.90 Å². The van der Waals surface area contributed by atoms with Gasteiger partial charge in [0.05, 0.1) is 0 Å². The highest BCUT2D eigenvalue weighted by atomic mass is 15.1. The molecule has 0 aromatic heterocycles. The van der Waals surface area contributed by atoms with Crippen molar-refractivity contribution in [1.82, 2.24) is 0 Å². The number of anilines is 3. The quantitative estimate of drug-likeness (QED) is 0.146. The molecule has 60 heavy (non-hydrogen) atoms. The van der Waals surface area contributed by atoms with Crippen LogP contribution in [0.5, 0.6) is 0 Å². The van der Waals surface area contributed by atoms with Crippen LogP contribution in [0.15, 0.2) is 194 Å². The van der Waals surface area contributed by atoms with Crippen molar-refractivity contribution in [2.45, 2.75) is 32.6 Å². The fourth-order valence-corrected chi connectivity index (χ4v) is 9.70. The molecule has 11 rings (SSSR count). The molecule has 0 atom stereocenters. The van der Waals surface area contributed by atoms with Crippen LogP contribution in [0.2, 0.25) is 0 Å². The number of hydrogen-bond acceptors (Lipinski definition) is 1. The molecule has 2 aliphatic carbocycles. The standard InChI is InChI=1S/C59H45N/c1-40-25-31-48(32-26-40)60(49-33-29-42(30-34-49)47-28-27-41-15-11-12-22-46(41)37-47)50-35-36-53-56(38-50)51-23-13-14-24-52(51)58-55(44-18-7-3-8-19-44)39-54(43-16-5-2-6-17-43)57(59(53)58)45-20-9-4-10-21-45/h2-10,12,14,16-22,24-39H,11,13,15,23H2,1H3. The van der Waals surface area contributed by atoms with Gasteiger partial charge in [-0.1, -0.05) is 163 Å². The highest BCUT2D eigenvalue weighted by molar-refractivity contribution is 6.25. The second-order valence-corrected chi connectivity index (χ2v) is 16.3. The van der Waals surface area contributed by atoms with E-state index in [-0.39, 0.29) is 0 Å². The lowest BCUT2D eigenvalue weighted by atomic mass is 9.78. The summed E-state index contributed by atoms with van der Waals surface area (Å²) in [5, 5.41) is 5.24. The zero-order valence-electron chi connectivity index (χ0n) is 33.9. The zero-order chi connectivity index (χ0) is 40.0. The van der Waals surface area contributed by atoms with E-state index in [1.54, 1.807) is 0 Å². The Kier molecular flexibility index (Phi) is 9.09. The molecule has 0 aliphatic heterocycles. The minimum absolute atomic E-state index is 0.992. The number of rotatable bonds is 7. The fraction of sp³-hybridized carbons (Fsp3) is 0.0847. The van der Waals surface area contributed by atoms with E-state index in [1.165, 1.54) is 93.9 Å². The van der Waals surface area contributed by atoms with Gasteiger partial charge in [0.1, 0.15) is 0 Å². The molecule has 0 N–H and O–H groups in total. The molecule has 9 aromatic rings. The monoisotopic (exact) mass is 767 g/mol. The second-order valence-electron chi connectivity index (χ2n) is 16.3. The van der Waals surface area contributed by atoms with Gasteiger partial charge in [0.25, 0.3) is 0 Å². The van der Waals surface area contributed by atoms with Crippen molar-refractivity contribution in [2.24, 2.45) is 0 Å². The zero-order valence-corrected chi connectivity index (χ0v) is 33.9. The molecule has 0 spiro atoms. The molecule has 286 valence electrons. The molecular formula is C59H45N. The van der Waals surface area contributed by atoms with Crippen molar-refractivity contribution in [3.63, 3.8) is 0 Å². The molecule has 0 amide bonds. The largest absolute Gasteiger partial charge is 0.310 e. The number of allylic oxidation sites excluding steroid dienone is 2. The third-order valence-corrected chi connectivity index (χ3v) is 12.6. The Hall–Kier alpha value is -7.22. The molecule has 0 bridgehead atoms. The van der Waals surface area contributed by atoms with Gasteiger partial charge in [0.15, 0.2) is 0 Å². The van der Waals surface area contributed by atoms with Crippen molar-refractivity contribution >= 4 is 50.8 Å². The number of fused-ring (bicyclic) bond motifs is 7. The summed E-state index contributed by atoms with van der Waals surface area (Å²) >= 11 is 0. The lowest BCUT2D eigenvalue weighted by molar-refractivity contribution is 0.986. The highest BCUT2D eigenvalue weighted by Gasteiger charge is 2.25. The van der Waals surface area contributed by atoms with Crippen LogP contribution < -0.4 is 4.90 Å². The first-order valence-electron chi connectivity index (χ1n) is 21.4. The smallest absolute Gasteiger partial charge is 0.0468 e. The first-order chi connectivity index (χ1) is 29.7. The van der Waals surface area contributed by atoms with E-state index in [1.807, 2.05) is 0 Å². The lowest BCUT2D eigenvalue weighted by Crippen LogP contribution is -2.10. The molecule has 0 radical (unpaired) electrons. The van der Waals surface area contributed by atoms with E-state index < -0.39 is 0 Å². The summed E-state index contributed by atoms with van der Waals surface area (Å²) in [6, 6.07) is 67.7. The Morgan fingerprint density at radius 2 is 1.02 bits per heavy atom. The first-order valence-corrected chi connectivity index (χ1v) is 21.4. The summed E-state index contributed by atoms with van der Waals surface area (Å²) < 4.78 is 0. The van der Waals surface area contributed by atoms with Gasteiger partial charge in [-0.2, -0.15) is 0 Å². The van der Waals surface area contributed by atoms with E-state index in [0.29, 0.717) is 0 Å². The summed E-state index contributed by atoms with van der Waals surface area (Å²) in [5.41, 5.74) is 20.2. The van der Waals surface area contributed by atoms with Crippen LogP contribution in [0.1, 0.15) is 40.7 Å². The van der Waals surface area contributed by atoms with Gasteiger partial charge in [-0.05, 0) is 169 Å². The molecular weight excluding hydrogens is 723 g/mol. The molecule has 0 fully saturated rings. The predicted octanol–water partition coefficient (Wildman–Crippen LogP) is 16.4. The topological polar surface area (TPSA) is 3.24 Å². The van der Waals surface area contributed by atoms with Gasteiger partial charge in [0.2, 0.25) is 0 Å². The third-order valence-electron chi connectivity index (χ3n) is 12.6. The van der Waals surface area contributed by atoms with Crippen LogP contribution in [0, 0.1) is 6.92 Å². The minimum Gasteiger partial charge on any atom is -0.310 e. The van der Waals surface area contributed by atoms with Gasteiger partial charge in [0, 0.05) is 17.1 Å². The third kappa shape index (κ3) is 6.35. The second kappa shape index (κ2) is 15.2. The van der Waals surface area contributed by atoms with Crippen LogP contribution in [0.25, 0.3) is 78.2 Å². The molecule has 9 aromatic carbocycles. The average molecular weight is 768 g/mol. The summed E-state index contributed by atoms with van der Waals surface area (Å²) in [4.78, 5) is 2.43. The maximum Gasteiger partial charge on any atom is 0.0468 e. The van der Waals surface area contributed by atoms with Crippen LogP contribution in [0.4, 0.5) is 17.1 Å². The minimum atomic E-state index is 0.992. The lowest BCUT2D eigenvalue weighted by Gasteiger charge is -2.28. The van der Waals surface area contributed by atoms with Gasteiger partial charge in [-0.3, -0.25) is 0 Å². The van der Waals surface area contributed by atoms with Crippen molar-refractivity contribution < 1.29 is 0 Å². The highest BCUT2D eigenvalue weighted by Crippen LogP contribution is 2.50. The van der Waals surface area contributed by atoms with Crippen LogP contribution in [-0.2, 0) is 12.8 Å². The van der Waals surface area contributed by atoms with Gasteiger partial charge < -0.3 is 4.90 Å². The number of aryl methyl sites for hydroxylation is 3. The van der Waals surface area contributed by atoms with Crippen LogP contribution >= 0.6 is 0 Å². The van der Waals surface area contributed by atoms with Crippen molar-refractivity contribution in [3.05, 3.63) is 222 Å². The van der Waals surface area contributed by atoms with E-state index in [2.05, 4.69) is 218 Å². The van der Waals surface area contributed by atoms with Gasteiger partial charge in [-0.15, -0.1) is 0 Å². The van der Waals surface area contributed by atoms with Crippen LogP contribution in [-0.4, -0.2) is 0 Å². The maximum absolute atomic E-state index is 2.47. The average Bonchev–Trinajstić information content (AvgIpc) is 3.32. The van der Waals surface area contributed by atoms with Crippen molar-refractivity contribution in [3.8, 4) is 44.5 Å². The summed E-state index contributed by atoms with van der Waals surface area (Å²) in [6.07, 6.45) is 13.6. The Morgan fingerprint density at radius 1 is 0.417 bits per heavy atom. The van der Waals surface area contributed by atoms with E-state index in [0.717, 1.165) is 42.7 Å². The van der Waals surface area contributed by atoms with Gasteiger partial charge >= 0.3 is 0 Å². The molecule has 0 unspecified atom stereocenters. The Balaban J connectivity index is 1.17. The number of benzene rings is 9. The molecule has 0 saturated heterocycles. The molecule has 1 heteroatoms. The SMILES string of the molecule is Cc1ccc(N(c2ccc(-c3ccc4c(c3)C=CCC4)cc2)c2ccc3c(c2)c2c(c4c(-c5ccccc5)cc(-c5ccccc5)c(-c5ccccc5)c43)C=CCC2)cc1. The van der Waals surface area contributed by atoms with Gasteiger partial charge in [-0.25, -0.2) is 0 Å². The van der Waals surface area contributed by atoms with E-state index >= 15 is 0 Å². The summed E-state index contributed by atoms with van der Waals surface area (Å²) in [5.74, 6) is 0. The molecule has 0 saturated carbocycles.